The molecule has 0 N–H and O–H groups in total. The first-order chi connectivity index (χ1) is 10.5. The van der Waals surface area contributed by atoms with Gasteiger partial charge in [-0.05, 0) is 45.0 Å². The predicted molar refractivity (Wildman–Crippen MR) is 78.0 cm³/mol. The van der Waals surface area contributed by atoms with Crippen LogP contribution in [-0.2, 0) is 0 Å². The fraction of sp³-hybridized carbons (Fsp3) is 0.200. The predicted octanol–water partition coefficient (Wildman–Crippen LogP) is 4.26. The summed E-state index contributed by atoms with van der Waals surface area (Å²) < 4.78 is 74.8. The fourth-order valence-corrected chi connectivity index (χ4v) is 4.42. The Morgan fingerprint density at radius 1 is 0.750 bits per heavy atom. The van der Waals surface area contributed by atoms with E-state index in [1.807, 2.05) is 12.1 Å². The van der Waals surface area contributed by atoms with Crippen LogP contribution in [0.1, 0.15) is 16.7 Å². The van der Waals surface area contributed by atoms with Gasteiger partial charge in [0.15, 0.2) is 7.14 Å². The van der Waals surface area contributed by atoms with Crippen molar-refractivity contribution in [3.63, 3.8) is 0 Å². The van der Waals surface area contributed by atoms with Crippen molar-refractivity contribution in [2.75, 3.05) is 0 Å². The van der Waals surface area contributed by atoms with E-state index in [0.29, 0.717) is 0 Å². The van der Waals surface area contributed by atoms with E-state index in [4.69, 9.17) is 0 Å². The maximum absolute atomic E-state index is 12.8. The summed E-state index contributed by atoms with van der Waals surface area (Å²) in [5.74, 6) is -0.157. The van der Waals surface area contributed by atoms with Gasteiger partial charge in [-0.15, -0.1) is 0 Å². The summed E-state index contributed by atoms with van der Waals surface area (Å²) in [6.45, 7) is 6.46. The Labute approximate surface area is 145 Å². The number of aryl methyl sites for hydroxylation is 3. The molecule has 0 unspecified atom stereocenters. The Morgan fingerprint density at radius 2 is 1.12 bits per heavy atom. The molecule has 0 aliphatic heterocycles. The van der Waals surface area contributed by atoms with Crippen LogP contribution in [0.5, 0.6) is 0 Å². The van der Waals surface area contributed by atoms with Gasteiger partial charge in [0, 0.05) is 11.1 Å². The molecule has 9 heteroatoms. The van der Waals surface area contributed by atoms with E-state index in [0.717, 1.165) is 0 Å². The first-order valence-corrected chi connectivity index (χ1v) is 10.7. The normalized spacial score (nSPS) is 14.2. The molecule has 0 saturated heterocycles. The Morgan fingerprint density at radius 3 is 1.50 bits per heavy atom. The minimum absolute atomic E-state index is 0.157. The van der Waals surface area contributed by atoms with Crippen molar-refractivity contribution < 1.29 is 50.8 Å². The van der Waals surface area contributed by atoms with Crippen LogP contribution in [-0.4, -0.2) is 0 Å². The molecule has 0 saturated carbocycles. The van der Waals surface area contributed by atoms with Crippen LogP contribution < -0.4 is 21.2 Å². The number of hydrogen-bond acceptors (Lipinski definition) is 0. The van der Waals surface area contributed by atoms with Crippen LogP contribution in [0.3, 0.4) is 0 Å². The van der Waals surface area contributed by atoms with Crippen molar-refractivity contribution in [3.05, 3.63) is 66.0 Å². The van der Waals surface area contributed by atoms with E-state index >= 15 is 0 Å². The Balaban J connectivity index is 0.000000351. The molecule has 0 heterocycles. The molecule has 0 aliphatic rings. The maximum atomic E-state index is 12.8. The third-order valence-corrected chi connectivity index (χ3v) is 6.17. The average molecular weight is 486 g/mol. The second-order valence-electron chi connectivity index (χ2n) is 5.20. The summed E-state index contributed by atoms with van der Waals surface area (Å²) in [5.41, 5.74) is 4.03. The van der Waals surface area contributed by atoms with Crippen molar-refractivity contribution in [1.82, 2.24) is 0 Å². The van der Waals surface area contributed by atoms with Gasteiger partial charge in [0.1, 0.15) is 5.82 Å². The van der Waals surface area contributed by atoms with E-state index in [-0.39, 0.29) is 27.0 Å². The molecular weight excluding hydrogens is 471 g/mol. The molecule has 2 aromatic carbocycles. The Hall–Kier alpha value is -0.890. The van der Waals surface area contributed by atoms with Gasteiger partial charge in [0.05, 0.1) is 0 Å². The Bertz CT molecular complexity index is 687. The van der Waals surface area contributed by atoms with Gasteiger partial charge in [0.25, 0.3) is 0 Å². The molecule has 24 heavy (non-hydrogen) atoms. The van der Waals surface area contributed by atoms with E-state index in [9.17, 15) is 29.6 Å². The van der Waals surface area contributed by atoms with Gasteiger partial charge in [-0.1, -0.05) is 17.7 Å². The number of rotatable bonds is 2. The molecule has 0 amide bonds. The SMILES string of the molecule is Cc1cc(C)c([I+]c2ccc(F)cc2)c(C)c1.F[P-](F)(F)(F)(F)F. The second-order valence-corrected chi connectivity index (χ2v) is 9.98. The third-order valence-electron chi connectivity index (χ3n) is 2.59. The minimum atomic E-state index is -10.7. The van der Waals surface area contributed by atoms with Crippen molar-refractivity contribution in [2.45, 2.75) is 20.8 Å². The summed E-state index contributed by atoms with van der Waals surface area (Å²) in [6.07, 6.45) is 0. The molecule has 0 fully saturated rings. The molecular formula is C15H15F7IP. The van der Waals surface area contributed by atoms with Gasteiger partial charge in [-0.2, -0.15) is 0 Å². The fourth-order valence-electron chi connectivity index (χ4n) is 1.91. The standard InChI is InChI=1S/C15H15FI.F6P/c1-10-8-11(2)15(12(3)9-10)17-14-6-4-13(16)5-7-14;1-7(2,3,4,5)6/h4-9H,1-3H3;/q+1;-1. The molecule has 2 rings (SSSR count). The summed E-state index contributed by atoms with van der Waals surface area (Å²) in [5, 5.41) is 0. The van der Waals surface area contributed by atoms with Crippen LogP contribution in [0.2, 0.25) is 0 Å². The van der Waals surface area contributed by atoms with Gasteiger partial charge < -0.3 is 0 Å². The average Bonchev–Trinajstić information content (AvgIpc) is 2.32. The van der Waals surface area contributed by atoms with Crippen LogP contribution in [0.25, 0.3) is 0 Å². The summed E-state index contributed by atoms with van der Waals surface area (Å²) in [7, 11) is -10.7. The molecule has 0 radical (unpaired) electrons. The molecule has 0 aliphatic carbocycles. The van der Waals surface area contributed by atoms with Gasteiger partial charge in [0.2, 0.25) is 0 Å². The zero-order chi connectivity index (χ0) is 18.8. The summed E-state index contributed by atoms with van der Waals surface area (Å²) >= 11 is -0.207. The summed E-state index contributed by atoms with van der Waals surface area (Å²) in [6, 6.07) is 11.4. The van der Waals surface area contributed by atoms with Crippen molar-refractivity contribution in [3.8, 4) is 0 Å². The van der Waals surface area contributed by atoms with Crippen molar-refractivity contribution >= 4 is 7.81 Å². The molecule has 136 valence electrons. The second kappa shape index (κ2) is 6.44. The number of halogens is 8. The molecule has 2 aromatic rings. The van der Waals surface area contributed by atoms with Gasteiger partial charge in [-0.25, -0.2) is 4.39 Å². The summed E-state index contributed by atoms with van der Waals surface area (Å²) in [4.78, 5) is 0. The molecule has 0 nitrogen and oxygen atoms in total. The Kier molecular flexibility index (Phi) is 5.68. The van der Waals surface area contributed by atoms with Crippen LogP contribution in [0, 0.1) is 33.7 Å². The van der Waals surface area contributed by atoms with Gasteiger partial charge >= 0.3 is 54.2 Å². The zero-order valence-corrected chi connectivity index (χ0v) is 16.0. The van der Waals surface area contributed by atoms with Crippen molar-refractivity contribution in [2.24, 2.45) is 0 Å². The first kappa shape index (κ1) is 21.2. The topological polar surface area (TPSA) is 0 Å². The van der Waals surface area contributed by atoms with E-state index < -0.39 is 7.81 Å². The van der Waals surface area contributed by atoms with Crippen LogP contribution in [0.4, 0.5) is 29.6 Å². The van der Waals surface area contributed by atoms with Crippen molar-refractivity contribution in [1.29, 1.82) is 0 Å². The van der Waals surface area contributed by atoms with E-state index in [1.165, 1.54) is 23.8 Å². The molecule has 0 atom stereocenters. The quantitative estimate of drug-likeness (QED) is 0.338. The van der Waals surface area contributed by atoms with E-state index in [2.05, 4.69) is 32.9 Å². The molecule has 0 spiro atoms. The van der Waals surface area contributed by atoms with Crippen LogP contribution in [0.15, 0.2) is 36.4 Å². The number of benzene rings is 2. The molecule has 0 bridgehead atoms. The zero-order valence-electron chi connectivity index (χ0n) is 12.9. The van der Waals surface area contributed by atoms with E-state index in [1.54, 1.807) is 12.1 Å². The first-order valence-electron chi connectivity index (χ1n) is 6.56. The third kappa shape index (κ3) is 10.1. The monoisotopic (exact) mass is 486 g/mol. The number of hydrogen-bond donors (Lipinski definition) is 0. The van der Waals surface area contributed by atoms with Crippen LogP contribution >= 0.6 is 7.81 Å². The van der Waals surface area contributed by atoms with Gasteiger partial charge in [-0.3, -0.25) is 0 Å². The molecule has 0 aromatic heterocycles.